The maximum atomic E-state index is 12.2. The molecule has 1 unspecified atom stereocenters. The number of thiophene rings is 1. The summed E-state index contributed by atoms with van der Waals surface area (Å²) in [5.74, 6) is -0.173. The molecule has 9 heteroatoms. The average Bonchev–Trinajstić information content (AvgIpc) is 2.90. The smallest absolute Gasteiger partial charge is 0.286 e. The lowest BCUT2D eigenvalue weighted by Gasteiger charge is -2.12. The Morgan fingerprint density at radius 3 is 2.80 bits per heavy atom. The monoisotopic (exact) mass is 350 g/mol. The van der Waals surface area contributed by atoms with Gasteiger partial charge in [0, 0.05) is 6.54 Å². The fourth-order valence-corrected chi connectivity index (χ4v) is 5.19. The van der Waals surface area contributed by atoms with Crippen LogP contribution in [0.3, 0.4) is 0 Å². The van der Waals surface area contributed by atoms with Gasteiger partial charge < -0.3 is 0 Å². The SMILES string of the molecule is C=CCN1C(=O)C(C)S/C1=N/S(=O)(=O)c1ccc(Cl)s1. The molecule has 0 saturated carbocycles. The molecule has 1 aromatic rings. The predicted molar refractivity (Wildman–Crippen MR) is 82.9 cm³/mol. The van der Waals surface area contributed by atoms with Crippen LogP contribution in [0.1, 0.15) is 6.92 Å². The molecule has 1 aliphatic rings. The Labute approximate surface area is 130 Å². The van der Waals surface area contributed by atoms with Crippen LogP contribution in [0.4, 0.5) is 0 Å². The topological polar surface area (TPSA) is 66.8 Å². The lowest BCUT2D eigenvalue weighted by molar-refractivity contribution is -0.125. The Morgan fingerprint density at radius 1 is 1.55 bits per heavy atom. The number of thioether (sulfide) groups is 1. The maximum absolute atomic E-state index is 12.2. The molecule has 2 heterocycles. The van der Waals surface area contributed by atoms with Crippen LogP contribution >= 0.6 is 34.7 Å². The van der Waals surface area contributed by atoms with E-state index in [1.54, 1.807) is 6.92 Å². The van der Waals surface area contributed by atoms with Gasteiger partial charge >= 0.3 is 0 Å². The van der Waals surface area contributed by atoms with Crippen molar-refractivity contribution < 1.29 is 13.2 Å². The van der Waals surface area contributed by atoms with Crippen molar-refractivity contribution in [3.05, 3.63) is 29.1 Å². The second-order valence-electron chi connectivity index (χ2n) is 3.91. The van der Waals surface area contributed by atoms with Crippen LogP contribution in [0.25, 0.3) is 0 Å². The average molecular weight is 351 g/mol. The number of nitrogens with zero attached hydrogens (tertiary/aromatic N) is 2. The second kappa shape index (κ2) is 5.88. The Kier molecular flexibility index (Phi) is 4.58. The molecule has 1 atom stereocenters. The van der Waals surface area contributed by atoms with Gasteiger partial charge in [-0.3, -0.25) is 9.69 Å². The van der Waals surface area contributed by atoms with Crippen LogP contribution in [0.5, 0.6) is 0 Å². The van der Waals surface area contributed by atoms with Crippen LogP contribution in [0, 0.1) is 0 Å². The zero-order valence-corrected chi connectivity index (χ0v) is 13.7. The maximum Gasteiger partial charge on any atom is 0.294 e. The summed E-state index contributed by atoms with van der Waals surface area (Å²) < 4.78 is 28.5. The van der Waals surface area contributed by atoms with E-state index in [9.17, 15) is 13.2 Å². The van der Waals surface area contributed by atoms with Crippen LogP contribution < -0.4 is 0 Å². The molecule has 1 fully saturated rings. The number of hydrogen-bond acceptors (Lipinski definition) is 5. The molecule has 0 aromatic carbocycles. The van der Waals surface area contributed by atoms with Crippen molar-refractivity contribution in [3.8, 4) is 0 Å². The summed E-state index contributed by atoms with van der Waals surface area (Å²) in [7, 11) is -3.85. The highest BCUT2D eigenvalue weighted by atomic mass is 35.5. The molecular formula is C11H11ClN2O3S3. The normalized spacial score (nSPS) is 21.7. The Hall–Kier alpha value is -0.830. The third-order valence-corrected chi connectivity index (χ3v) is 6.60. The molecule has 1 saturated heterocycles. The minimum Gasteiger partial charge on any atom is -0.286 e. The number of carbonyl (C=O) groups excluding carboxylic acids is 1. The summed E-state index contributed by atoms with van der Waals surface area (Å²) in [6, 6.07) is 2.89. The van der Waals surface area contributed by atoms with Gasteiger partial charge in [-0.05, 0) is 19.1 Å². The lowest BCUT2D eigenvalue weighted by atomic mass is 10.4. The molecule has 0 N–H and O–H groups in total. The number of rotatable bonds is 4. The molecule has 20 heavy (non-hydrogen) atoms. The Balaban J connectivity index is 2.38. The summed E-state index contributed by atoms with van der Waals surface area (Å²) >= 11 is 7.78. The van der Waals surface area contributed by atoms with Crippen molar-refractivity contribution in [2.24, 2.45) is 4.40 Å². The highest BCUT2D eigenvalue weighted by Gasteiger charge is 2.35. The number of halogens is 1. The number of carbonyl (C=O) groups is 1. The van der Waals surface area contributed by atoms with E-state index in [1.165, 1.54) is 23.1 Å². The van der Waals surface area contributed by atoms with E-state index in [4.69, 9.17) is 11.6 Å². The highest BCUT2D eigenvalue weighted by Crippen LogP contribution is 2.31. The Morgan fingerprint density at radius 2 is 2.25 bits per heavy atom. The quantitative estimate of drug-likeness (QED) is 0.783. The molecule has 1 amide bonds. The molecule has 2 rings (SSSR count). The molecule has 0 bridgehead atoms. The summed E-state index contributed by atoms with van der Waals surface area (Å²) in [4.78, 5) is 13.2. The number of hydrogen-bond donors (Lipinski definition) is 0. The standard InChI is InChI=1S/C11H11ClN2O3S3/c1-3-6-14-10(15)7(2)18-11(14)13-20(16,17)9-5-4-8(12)19-9/h3-5,7H,1,6H2,2H3/b13-11+. The first-order chi connectivity index (χ1) is 9.35. The zero-order chi connectivity index (χ0) is 14.9. The largest absolute Gasteiger partial charge is 0.294 e. The molecule has 108 valence electrons. The summed E-state index contributed by atoms with van der Waals surface area (Å²) in [5.41, 5.74) is 0. The van der Waals surface area contributed by atoms with Gasteiger partial charge in [0.1, 0.15) is 4.21 Å². The molecule has 5 nitrogen and oxygen atoms in total. The molecule has 1 aliphatic heterocycles. The summed E-state index contributed by atoms with van der Waals surface area (Å²) in [6.07, 6.45) is 1.53. The molecule has 0 radical (unpaired) electrons. The third kappa shape index (κ3) is 3.08. The van der Waals surface area contributed by atoms with Crippen molar-refractivity contribution in [2.45, 2.75) is 16.4 Å². The van der Waals surface area contributed by atoms with E-state index >= 15 is 0 Å². The van der Waals surface area contributed by atoms with Crippen molar-refractivity contribution in [1.29, 1.82) is 0 Å². The van der Waals surface area contributed by atoms with Gasteiger partial charge in [-0.1, -0.05) is 29.4 Å². The van der Waals surface area contributed by atoms with E-state index in [1.807, 2.05) is 0 Å². The number of amidine groups is 1. The van der Waals surface area contributed by atoms with Gasteiger partial charge in [0.15, 0.2) is 5.17 Å². The van der Waals surface area contributed by atoms with Crippen LogP contribution in [0.2, 0.25) is 4.34 Å². The fraction of sp³-hybridized carbons (Fsp3) is 0.273. The van der Waals surface area contributed by atoms with E-state index in [0.717, 1.165) is 23.1 Å². The number of sulfonamides is 1. The van der Waals surface area contributed by atoms with E-state index in [0.29, 0.717) is 4.34 Å². The first kappa shape index (κ1) is 15.6. The van der Waals surface area contributed by atoms with Gasteiger partial charge in [-0.15, -0.1) is 22.3 Å². The highest BCUT2D eigenvalue weighted by molar-refractivity contribution is 8.16. The van der Waals surface area contributed by atoms with E-state index < -0.39 is 10.0 Å². The zero-order valence-electron chi connectivity index (χ0n) is 10.4. The van der Waals surface area contributed by atoms with Crippen molar-refractivity contribution in [1.82, 2.24) is 4.90 Å². The van der Waals surface area contributed by atoms with Crippen LogP contribution in [0.15, 0.2) is 33.4 Å². The first-order valence-corrected chi connectivity index (χ1v) is 9.06. The summed E-state index contributed by atoms with van der Waals surface area (Å²) in [5, 5.41) is -0.178. The lowest BCUT2D eigenvalue weighted by Crippen LogP contribution is -2.31. The minimum absolute atomic E-state index is 0.0566. The van der Waals surface area contributed by atoms with Gasteiger partial charge in [-0.25, -0.2) is 0 Å². The molecular weight excluding hydrogens is 340 g/mol. The fourth-order valence-electron chi connectivity index (χ4n) is 1.54. The minimum atomic E-state index is -3.85. The van der Waals surface area contributed by atoms with Crippen LogP contribution in [-0.2, 0) is 14.8 Å². The molecule has 0 aliphatic carbocycles. The Bertz CT molecular complexity index is 681. The molecule has 0 spiro atoms. The van der Waals surface area contributed by atoms with Gasteiger partial charge in [0.2, 0.25) is 5.91 Å². The van der Waals surface area contributed by atoms with E-state index in [-0.39, 0.29) is 27.1 Å². The van der Waals surface area contributed by atoms with Gasteiger partial charge in [-0.2, -0.15) is 8.42 Å². The van der Waals surface area contributed by atoms with Gasteiger partial charge in [0.25, 0.3) is 10.0 Å². The predicted octanol–water partition coefficient (Wildman–Crippen LogP) is 2.60. The van der Waals surface area contributed by atoms with Gasteiger partial charge in [0.05, 0.1) is 9.59 Å². The van der Waals surface area contributed by atoms with Crippen molar-refractivity contribution in [3.63, 3.8) is 0 Å². The van der Waals surface area contributed by atoms with Crippen LogP contribution in [-0.4, -0.2) is 36.2 Å². The number of amides is 1. The summed E-state index contributed by atoms with van der Waals surface area (Å²) in [6.45, 7) is 5.49. The second-order valence-corrected chi connectivity index (χ2v) is 8.76. The third-order valence-electron chi connectivity index (χ3n) is 2.44. The van der Waals surface area contributed by atoms with Crippen molar-refractivity contribution >= 4 is 55.8 Å². The van der Waals surface area contributed by atoms with Crippen molar-refractivity contribution in [2.75, 3.05) is 6.54 Å². The molecule has 1 aromatic heterocycles. The first-order valence-electron chi connectivity index (χ1n) is 5.54. The van der Waals surface area contributed by atoms with E-state index in [2.05, 4.69) is 11.0 Å².